The molecule has 26 heavy (non-hydrogen) atoms. The molecule has 0 atom stereocenters. The van der Waals surface area contributed by atoms with Crippen LogP contribution in [0.5, 0.6) is 0 Å². The van der Waals surface area contributed by atoms with Crippen LogP contribution < -0.4 is 10.9 Å². The van der Waals surface area contributed by atoms with Gasteiger partial charge >= 0.3 is 0 Å². The normalized spacial score (nSPS) is 11.7. The van der Waals surface area contributed by atoms with Crippen LogP contribution >= 0.6 is 0 Å². The minimum atomic E-state index is -0.263. The number of aromatic nitrogens is 4. The maximum absolute atomic E-state index is 12.6. The summed E-state index contributed by atoms with van der Waals surface area (Å²) in [6.45, 7) is 8.26. The van der Waals surface area contributed by atoms with E-state index in [0.717, 1.165) is 11.3 Å². The number of aryl methyl sites for hydroxylation is 2. The number of carbonyl (C=O) groups is 1. The molecule has 1 N–H and O–H groups in total. The molecule has 0 aliphatic carbocycles. The van der Waals surface area contributed by atoms with Crippen LogP contribution in [-0.4, -0.2) is 25.2 Å². The minimum absolute atomic E-state index is 0.147. The molecular formula is C19H23N5O2. The van der Waals surface area contributed by atoms with Crippen LogP contribution in [0.3, 0.4) is 0 Å². The maximum atomic E-state index is 12.6. The van der Waals surface area contributed by atoms with E-state index in [1.54, 1.807) is 10.9 Å². The van der Waals surface area contributed by atoms with Gasteiger partial charge in [-0.05, 0) is 39.8 Å². The zero-order chi connectivity index (χ0) is 18.9. The number of nitrogens with one attached hydrogen (secondary N) is 1. The van der Waals surface area contributed by atoms with E-state index in [4.69, 9.17) is 0 Å². The maximum Gasteiger partial charge on any atom is 0.264 e. The second kappa shape index (κ2) is 6.74. The summed E-state index contributed by atoms with van der Waals surface area (Å²) in [5.41, 5.74) is 1.98. The quantitative estimate of drug-likeness (QED) is 0.782. The number of hydrogen-bond donors (Lipinski definition) is 1. The van der Waals surface area contributed by atoms with Gasteiger partial charge in [-0.25, -0.2) is 9.67 Å². The van der Waals surface area contributed by atoms with Crippen molar-refractivity contribution in [2.24, 2.45) is 0 Å². The molecule has 0 bridgehead atoms. The summed E-state index contributed by atoms with van der Waals surface area (Å²) in [7, 11) is 0. The van der Waals surface area contributed by atoms with E-state index in [9.17, 15) is 9.59 Å². The summed E-state index contributed by atoms with van der Waals surface area (Å²) in [5.74, 6) is -0.147. The van der Waals surface area contributed by atoms with Crippen LogP contribution in [0.1, 0.15) is 32.8 Å². The van der Waals surface area contributed by atoms with Crippen molar-refractivity contribution in [3.8, 4) is 0 Å². The Bertz CT molecular complexity index is 993. The molecule has 2 heterocycles. The molecule has 136 valence electrons. The fraction of sp³-hybridized carbons (Fsp3) is 0.368. The largest absolute Gasteiger partial charge is 0.326 e. The van der Waals surface area contributed by atoms with Gasteiger partial charge in [0.25, 0.3) is 5.56 Å². The highest BCUT2D eigenvalue weighted by Crippen LogP contribution is 2.17. The van der Waals surface area contributed by atoms with E-state index in [2.05, 4.69) is 15.4 Å². The van der Waals surface area contributed by atoms with Crippen LogP contribution in [0.2, 0.25) is 0 Å². The van der Waals surface area contributed by atoms with E-state index in [1.807, 2.05) is 52.0 Å². The minimum Gasteiger partial charge on any atom is -0.326 e. The Morgan fingerprint density at radius 3 is 2.54 bits per heavy atom. The molecule has 3 aromatic rings. The van der Waals surface area contributed by atoms with Crippen molar-refractivity contribution in [1.29, 1.82) is 0 Å². The van der Waals surface area contributed by atoms with Gasteiger partial charge in [0.05, 0.1) is 18.1 Å². The lowest BCUT2D eigenvalue weighted by Gasteiger charge is -2.19. The molecule has 0 spiro atoms. The number of benzene rings is 1. The number of hydrogen-bond acceptors (Lipinski definition) is 4. The molecule has 0 unspecified atom stereocenters. The molecule has 1 aromatic carbocycles. The molecule has 0 saturated heterocycles. The van der Waals surface area contributed by atoms with Crippen LogP contribution in [0.4, 0.5) is 5.69 Å². The first kappa shape index (κ1) is 17.8. The molecule has 7 nitrogen and oxygen atoms in total. The number of nitrogens with zero attached hydrogens (tertiary/aromatic N) is 4. The molecule has 7 heteroatoms. The summed E-state index contributed by atoms with van der Waals surface area (Å²) in [5, 5.41) is 7.58. The fourth-order valence-corrected chi connectivity index (χ4v) is 2.68. The zero-order valence-corrected chi connectivity index (χ0v) is 15.5. The molecule has 2 aromatic heterocycles. The van der Waals surface area contributed by atoms with E-state index < -0.39 is 0 Å². The van der Waals surface area contributed by atoms with Crippen molar-refractivity contribution in [2.75, 3.05) is 5.32 Å². The average Bonchev–Trinajstić information content (AvgIpc) is 3.01. The molecule has 0 fully saturated rings. The molecular weight excluding hydrogens is 330 g/mol. The topological polar surface area (TPSA) is 81.8 Å². The molecule has 0 radical (unpaired) electrons. The monoisotopic (exact) mass is 353 g/mol. The Morgan fingerprint density at radius 1 is 1.19 bits per heavy atom. The van der Waals surface area contributed by atoms with Crippen molar-refractivity contribution in [2.45, 2.75) is 46.2 Å². The molecule has 0 aliphatic heterocycles. The predicted molar refractivity (Wildman–Crippen MR) is 101 cm³/mol. The highest BCUT2D eigenvalue weighted by Gasteiger charge is 2.19. The van der Waals surface area contributed by atoms with Gasteiger partial charge in [0.1, 0.15) is 5.39 Å². The smallest absolute Gasteiger partial charge is 0.264 e. The number of amides is 1. The first-order valence-corrected chi connectivity index (χ1v) is 8.56. The van der Waals surface area contributed by atoms with E-state index in [-0.39, 0.29) is 30.0 Å². The first-order chi connectivity index (χ1) is 12.3. The second-order valence-corrected chi connectivity index (χ2v) is 7.37. The molecule has 0 saturated carbocycles. The van der Waals surface area contributed by atoms with Crippen LogP contribution in [0.25, 0.3) is 11.0 Å². The third kappa shape index (κ3) is 3.66. The lowest BCUT2D eigenvalue weighted by molar-refractivity contribution is -0.116. The van der Waals surface area contributed by atoms with Crippen LogP contribution in [0, 0.1) is 6.92 Å². The Labute approximate surface area is 151 Å². The Hall–Kier alpha value is -2.96. The van der Waals surface area contributed by atoms with Gasteiger partial charge in [0, 0.05) is 18.7 Å². The van der Waals surface area contributed by atoms with Gasteiger partial charge in [-0.15, -0.1) is 0 Å². The van der Waals surface area contributed by atoms with Gasteiger partial charge < -0.3 is 5.32 Å². The summed E-state index contributed by atoms with van der Waals surface area (Å²) >= 11 is 0. The van der Waals surface area contributed by atoms with E-state index >= 15 is 0 Å². The Kier molecular flexibility index (Phi) is 4.63. The molecule has 3 rings (SSSR count). The lowest BCUT2D eigenvalue weighted by atomic mass is 10.1. The number of carbonyl (C=O) groups excluding carboxylic acids is 1. The third-order valence-electron chi connectivity index (χ3n) is 4.11. The van der Waals surface area contributed by atoms with E-state index in [0.29, 0.717) is 11.0 Å². The van der Waals surface area contributed by atoms with E-state index in [1.165, 1.54) is 10.9 Å². The van der Waals surface area contributed by atoms with Gasteiger partial charge in [-0.1, -0.05) is 17.7 Å². The SMILES string of the molecule is Cc1ccc(NC(=O)CCn2cnc3c(cnn3C(C)(C)C)c2=O)cc1. The molecule has 1 amide bonds. The van der Waals surface area contributed by atoms with Gasteiger partial charge in [0.15, 0.2) is 5.65 Å². The summed E-state index contributed by atoms with van der Waals surface area (Å²) in [6, 6.07) is 7.58. The van der Waals surface area contributed by atoms with Crippen molar-refractivity contribution in [1.82, 2.24) is 19.3 Å². The predicted octanol–water partition coefficient (Wildman–Crippen LogP) is 2.69. The number of anilines is 1. The highest BCUT2D eigenvalue weighted by molar-refractivity contribution is 5.90. The lowest BCUT2D eigenvalue weighted by Crippen LogP contribution is -2.26. The Balaban J connectivity index is 1.73. The van der Waals surface area contributed by atoms with Gasteiger partial charge in [0.2, 0.25) is 5.91 Å². The summed E-state index contributed by atoms with van der Waals surface area (Å²) in [6.07, 6.45) is 3.21. The average molecular weight is 353 g/mol. The Morgan fingerprint density at radius 2 is 1.88 bits per heavy atom. The summed E-state index contributed by atoms with van der Waals surface area (Å²) < 4.78 is 3.18. The first-order valence-electron chi connectivity index (χ1n) is 8.56. The van der Waals surface area contributed by atoms with Crippen LogP contribution in [-0.2, 0) is 16.9 Å². The third-order valence-corrected chi connectivity index (χ3v) is 4.11. The summed E-state index contributed by atoms with van der Waals surface area (Å²) in [4.78, 5) is 29.1. The second-order valence-electron chi connectivity index (χ2n) is 7.37. The number of rotatable bonds is 4. The van der Waals surface area contributed by atoms with Gasteiger partial charge in [-0.3, -0.25) is 14.2 Å². The standard InChI is InChI=1S/C19H23N5O2/c1-13-5-7-14(8-6-13)22-16(25)9-10-23-12-20-17-15(18(23)26)11-21-24(17)19(2,3)4/h5-8,11-12H,9-10H2,1-4H3,(H,22,25). The number of fused-ring (bicyclic) bond motifs is 1. The van der Waals surface area contributed by atoms with Crippen molar-refractivity contribution in [3.05, 3.63) is 52.7 Å². The van der Waals surface area contributed by atoms with Gasteiger partial charge in [-0.2, -0.15) is 5.10 Å². The zero-order valence-electron chi connectivity index (χ0n) is 15.5. The van der Waals surface area contributed by atoms with Crippen molar-refractivity contribution in [3.63, 3.8) is 0 Å². The molecule has 0 aliphatic rings. The fourth-order valence-electron chi connectivity index (χ4n) is 2.68. The van der Waals surface area contributed by atoms with Crippen LogP contribution in [0.15, 0.2) is 41.6 Å². The van der Waals surface area contributed by atoms with Crippen molar-refractivity contribution >= 4 is 22.6 Å². The van der Waals surface area contributed by atoms with Crippen molar-refractivity contribution < 1.29 is 4.79 Å². The highest BCUT2D eigenvalue weighted by atomic mass is 16.2.